The summed E-state index contributed by atoms with van der Waals surface area (Å²) in [6.07, 6.45) is 1.94. The molecule has 0 aliphatic heterocycles. The minimum absolute atomic E-state index is 0.0386. The summed E-state index contributed by atoms with van der Waals surface area (Å²) in [5.41, 5.74) is 0. The number of hydrogen-bond acceptors (Lipinski definition) is 9. The van der Waals surface area contributed by atoms with Crippen LogP contribution in [0.1, 0.15) is 25.7 Å². The van der Waals surface area contributed by atoms with Gasteiger partial charge in [0.25, 0.3) is 0 Å². The average Bonchev–Trinajstić information content (AvgIpc) is 2.48. The van der Waals surface area contributed by atoms with E-state index in [0.717, 1.165) is 0 Å². The van der Waals surface area contributed by atoms with Crippen molar-refractivity contribution >= 4 is 11.9 Å². The summed E-state index contributed by atoms with van der Waals surface area (Å²) in [5.74, 6) is 0.786. The Morgan fingerprint density at radius 2 is 1.27 bits per heavy atom. The van der Waals surface area contributed by atoms with Gasteiger partial charge in [-0.25, -0.2) is 9.97 Å². The molecule has 1 rings (SSSR count). The van der Waals surface area contributed by atoms with Gasteiger partial charge in [-0.3, -0.25) is 0 Å². The molecule has 0 fully saturated rings. The van der Waals surface area contributed by atoms with Crippen LogP contribution in [0.15, 0.2) is 6.33 Å². The van der Waals surface area contributed by atoms with Crippen molar-refractivity contribution < 1.29 is 20.4 Å². The zero-order chi connectivity index (χ0) is 16.2. The third-order valence-corrected chi connectivity index (χ3v) is 3.02. The topological polar surface area (TPSA) is 144 Å². The third-order valence-electron chi connectivity index (χ3n) is 3.02. The average molecular weight is 315 g/mol. The molecule has 2 atom stereocenters. The lowest BCUT2D eigenvalue weighted by Crippen LogP contribution is -2.17. The van der Waals surface area contributed by atoms with Gasteiger partial charge in [0.2, 0.25) is 11.9 Å². The van der Waals surface area contributed by atoms with Crippen molar-refractivity contribution in [3.63, 3.8) is 0 Å². The van der Waals surface area contributed by atoms with Crippen molar-refractivity contribution in [3.05, 3.63) is 6.33 Å². The van der Waals surface area contributed by atoms with E-state index in [-0.39, 0.29) is 13.2 Å². The van der Waals surface area contributed by atoms with Crippen LogP contribution in [0.2, 0.25) is 0 Å². The lowest BCUT2D eigenvalue weighted by Gasteiger charge is -2.11. The van der Waals surface area contributed by atoms with Gasteiger partial charge in [0, 0.05) is 26.3 Å². The van der Waals surface area contributed by atoms with Crippen molar-refractivity contribution in [2.75, 3.05) is 36.9 Å². The van der Waals surface area contributed by atoms with Crippen molar-refractivity contribution in [1.29, 1.82) is 0 Å². The molecule has 9 nitrogen and oxygen atoms in total. The Morgan fingerprint density at radius 1 is 0.818 bits per heavy atom. The first kappa shape index (κ1) is 18.5. The van der Waals surface area contributed by atoms with Crippen molar-refractivity contribution in [2.45, 2.75) is 37.9 Å². The molecule has 0 saturated carbocycles. The highest BCUT2D eigenvalue weighted by Gasteiger charge is 2.06. The van der Waals surface area contributed by atoms with Crippen molar-refractivity contribution in [2.24, 2.45) is 0 Å². The van der Waals surface area contributed by atoms with Gasteiger partial charge in [0.1, 0.15) is 6.33 Å². The summed E-state index contributed by atoms with van der Waals surface area (Å²) in [7, 11) is 0. The highest BCUT2D eigenvalue weighted by molar-refractivity contribution is 5.32. The molecule has 1 aromatic rings. The first-order chi connectivity index (χ1) is 10.7. The van der Waals surface area contributed by atoms with E-state index in [1.54, 1.807) is 0 Å². The van der Waals surface area contributed by atoms with E-state index < -0.39 is 12.2 Å². The van der Waals surface area contributed by atoms with Crippen LogP contribution in [0.3, 0.4) is 0 Å². The van der Waals surface area contributed by atoms with Crippen LogP contribution in [-0.2, 0) is 0 Å². The number of rotatable bonds is 12. The molecule has 0 bridgehead atoms. The van der Waals surface area contributed by atoms with E-state index >= 15 is 0 Å². The van der Waals surface area contributed by atoms with Gasteiger partial charge in [0.05, 0.1) is 12.2 Å². The number of anilines is 2. The Morgan fingerprint density at radius 3 is 1.68 bits per heavy atom. The summed E-state index contributed by atoms with van der Waals surface area (Å²) in [5, 5.41) is 42.3. The van der Waals surface area contributed by atoms with Crippen LogP contribution in [0.4, 0.5) is 11.9 Å². The Labute approximate surface area is 129 Å². The number of nitrogens with one attached hydrogen (secondary N) is 2. The number of hydrogen-bond donors (Lipinski definition) is 6. The molecule has 6 N–H and O–H groups in total. The van der Waals surface area contributed by atoms with Crippen LogP contribution in [0.5, 0.6) is 0 Å². The summed E-state index contributed by atoms with van der Waals surface area (Å²) in [4.78, 5) is 12.1. The lowest BCUT2D eigenvalue weighted by atomic mass is 10.2. The predicted octanol–water partition coefficient (Wildman–Crippen LogP) is -1.04. The van der Waals surface area contributed by atoms with Crippen LogP contribution >= 0.6 is 0 Å². The first-order valence-corrected chi connectivity index (χ1v) is 7.40. The van der Waals surface area contributed by atoms with Crippen LogP contribution < -0.4 is 10.6 Å². The van der Waals surface area contributed by atoms with Gasteiger partial charge in [-0.05, 0) is 25.7 Å². The van der Waals surface area contributed by atoms with Crippen LogP contribution in [0, 0.1) is 0 Å². The molecule has 0 aliphatic rings. The van der Waals surface area contributed by atoms with Crippen molar-refractivity contribution in [1.82, 2.24) is 15.0 Å². The van der Waals surface area contributed by atoms with Gasteiger partial charge in [0.15, 0.2) is 0 Å². The maximum atomic E-state index is 9.49. The molecule has 22 heavy (non-hydrogen) atoms. The highest BCUT2D eigenvalue weighted by Crippen LogP contribution is 2.04. The van der Waals surface area contributed by atoms with Crippen LogP contribution in [0.25, 0.3) is 0 Å². The second-order valence-corrected chi connectivity index (χ2v) is 4.90. The molecule has 0 aromatic carbocycles. The molecule has 0 aliphatic carbocycles. The fourth-order valence-electron chi connectivity index (χ4n) is 1.75. The molecule has 2 unspecified atom stereocenters. The standard InChI is InChI=1S/C13H25N5O4/c19-7-3-10(21)1-5-14-12-16-9-17-13(18-12)15-6-2-11(22)4-8-20/h9-11,19-22H,1-8H2,(H2,14,15,16,17,18). The number of aromatic nitrogens is 3. The van der Waals surface area contributed by atoms with E-state index in [9.17, 15) is 10.2 Å². The molecule has 1 heterocycles. The molecule has 9 heteroatoms. The fraction of sp³-hybridized carbons (Fsp3) is 0.769. The number of aliphatic hydroxyl groups excluding tert-OH is 4. The molecule has 126 valence electrons. The van der Waals surface area contributed by atoms with Crippen molar-refractivity contribution in [3.8, 4) is 0 Å². The SMILES string of the molecule is OCCC(O)CCNc1ncnc(NCCC(O)CCO)n1. The van der Waals surface area contributed by atoms with E-state index in [2.05, 4.69) is 25.6 Å². The smallest absolute Gasteiger partial charge is 0.227 e. The normalized spacial score (nSPS) is 13.6. The van der Waals surface area contributed by atoms with Crippen LogP contribution in [-0.4, -0.2) is 73.9 Å². The molecule has 0 spiro atoms. The zero-order valence-corrected chi connectivity index (χ0v) is 12.5. The van der Waals surface area contributed by atoms with E-state index in [1.165, 1.54) is 6.33 Å². The fourth-order valence-corrected chi connectivity index (χ4v) is 1.75. The predicted molar refractivity (Wildman–Crippen MR) is 81.5 cm³/mol. The lowest BCUT2D eigenvalue weighted by molar-refractivity contribution is 0.127. The van der Waals surface area contributed by atoms with Gasteiger partial charge >= 0.3 is 0 Å². The molecule has 0 saturated heterocycles. The summed E-state index contributed by atoms with van der Waals surface area (Å²) >= 11 is 0. The largest absolute Gasteiger partial charge is 0.396 e. The highest BCUT2D eigenvalue weighted by atomic mass is 16.3. The van der Waals surface area contributed by atoms with E-state index in [1.807, 2.05) is 0 Å². The molecular weight excluding hydrogens is 290 g/mol. The number of nitrogens with zero attached hydrogens (tertiary/aromatic N) is 3. The minimum Gasteiger partial charge on any atom is -0.396 e. The number of aliphatic hydroxyl groups is 4. The minimum atomic E-state index is -0.551. The molecule has 0 amide bonds. The van der Waals surface area contributed by atoms with Gasteiger partial charge in [-0.1, -0.05) is 0 Å². The summed E-state index contributed by atoms with van der Waals surface area (Å²) in [6, 6.07) is 0. The van der Waals surface area contributed by atoms with E-state index in [0.29, 0.717) is 50.7 Å². The Hall–Kier alpha value is -1.55. The second kappa shape index (κ2) is 11.1. The second-order valence-electron chi connectivity index (χ2n) is 4.90. The van der Waals surface area contributed by atoms with Gasteiger partial charge in [-0.15, -0.1) is 0 Å². The zero-order valence-electron chi connectivity index (χ0n) is 12.5. The van der Waals surface area contributed by atoms with Gasteiger partial charge in [-0.2, -0.15) is 4.98 Å². The maximum Gasteiger partial charge on any atom is 0.227 e. The van der Waals surface area contributed by atoms with Gasteiger partial charge < -0.3 is 31.1 Å². The Kier molecular flexibility index (Phi) is 9.31. The Bertz CT molecular complexity index is 377. The molecular formula is C13H25N5O4. The molecule has 1 aromatic heterocycles. The first-order valence-electron chi connectivity index (χ1n) is 7.40. The molecule has 0 radical (unpaired) electrons. The third kappa shape index (κ3) is 8.03. The summed E-state index contributed by atoms with van der Waals surface area (Å²) < 4.78 is 0. The quantitative estimate of drug-likeness (QED) is 0.285. The Balaban J connectivity index is 2.29. The maximum absolute atomic E-state index is 9.49. The van der Waals surface area contributed by atoms with E-state index in [4.69, 9.17) is 10.2 Å². The summed E-state index contributed by atoms with van der Waals surface area (Å²) in [6.45, 7) is 0.895. The monoisotopic (exact) mass is 315 g/mol.